The molecule has 0 saturated heterocycles. The van der Waals surface area contributed by atoms with Crippen LogP contribution in [0.15, 0.2) is 34.9 Å². The number of anilines is 2. The second-order valence-corrected chi connectivity index (χ2v) is 3.88. The minimum absolute atomic E-state index is 0.540. The fourth-order valence-electron chi connectivity index (χ4n) is 1.69. The summed E-state index contributed by atoms with van der Waals surface area (Å²) in [6.07, 6.45) is 0. The minimum Gasteiger partial charge on any atom is -0.376 e. The van der Waals surface area contributed by atoms with Crippen LogP contribution < -0.4 is 10.2 Å². The van der Waals surface area contributed by atoms with Gasteiger partial charge in [0.2, 0.25) is 5.89 Å². The molecule has 0 radical (unpaired) electrons. The average molecular weight is 246 g/mol. The van der Waals surface area contributed by atoms with Crippen molar-refractivity contribution in [2.75, 3.05) is 23.3 Å². The van der Waals surface area contributed by atoms with Gasteiger partial charge >= 0.3 is 0 Å². The first-order valence-corrected chi connectivity index (χ1v) is 6.20. The number of nitrogens with one attached hydrogen (secondary N) is 1. The van der Waals surface area contributed by atoms with Crippen LogP contribution in [0.5, 0.6) is 0 Å². The highest BCUT2D eigenvalue weighted by Gasteiger charge is 2.10. The standard InChI is InChI=1S/C13H18N4O/c1-3-17(4-2)13-15-12(18-16-13)10-14-11-8-6-5-7-9-11/h5-9,14H,3-4,10H2,1-2H3. The van der Waals surface area contributed by atoms with Crippen LogP contribution in [-0.4, -0.2) is 23.2 Å². The van der Waals surface area contributed by atoms with Crippen LogP contribution in [-0.2, 0) is 6.54 Å². The van der Waals surface area contributed by atoms with Gasteiger partial charge in [0.15, 0.2) is 0 Å². The Morgan fingerprint density at radius 2 is 1.89 bits per heavy atom. The largest absolute Gasteiger partial charge is 0.376 e. The zero-order chi connectivity index (χ0) is 12.8. The fraction of sp³-hybridized carbons (Fsp3) is 0.385. The number of aromatic nitrogens is 2. The normalized spacial score (nSPS) is 10.3. The summed E-state index contributed by atoms with van der Waals surface area (Å²) in [7, 11) is 0. The fourth-order valence-corrected chi connectivity index (χ4v) is 1.69. The second kappa shape index (κ2) is 6.05. The zero-order valence-electron chi connectivity index (χ0n) is 10.8. The molecule has 1 heterocycles. The molecule has 0 unspecified atom stereocenters. The van der Waals surface area contributed by atoms with Crippen molar-refractivity contribution in [2.24, 2.45) is 0 Å². The molecule has 96 valence electrons. The lowest BCUT2D eigenvalue weighted by atomic mass is 10.3. The first kappa shape index (κ1) is 12.4. The van der Waals surface area contributed by atoms with Crippen molar-refractivity contribution in [3.63, 3.8) is 0 Å². The first-order chi connectivity index (χ1) is 8.83. The molecule has 2 aromatic rings. The summed E-state index contributed by atoms with van der Waals surface area (Å²) in [5, 5.41) is 7.20. The quantitative estimate of drug-likeness (QED) is 0.848. The van der Waals surface area contributed by atoms with Crippen LogP contribution in [0.2, 0.25) is 0 Å². The first-order valence-electron chi connectivity index (χ1n) is 6.20. The molecule has 0 amide bonds. The van der Waals surface area contributed by atoms with E-state index in [2.05, 4.69) is 34.2 Å². The number of hydrogen-bond donors (Lipinski definition) is 1. The summed E-state index contributed by atoms with van der Waals surface area (Å²) in [4.78, 5) is 6.40. The van der Waals surface area contributed by atoms with Gasteiger partial charge in [-0.05, 0) is 31.1 Å². The van der Waals surface area contributed by atoms with E-state index in [0.717, 1.165) is 18.8 Å². The molecule has 5 nitrogen and oxygen atoms in total. The summed E-state index contributed by atoms with van der Waals surface area (Å²) in [6.45, 7) is 6.44. The van der Waals surface area contributed by atoms with Crippen LogP contribution in [0.4, 0.5) is 11.6 Å². The number of rotatable bonds is 6. The third kappa shape index (κ3) is 3.00. The van der Waals surface area contributed by atoms with Gasteiger partial charge in [-0.1, -0.05) is 18.2 Å². The Labute approximate surface area is 107 Å². The van der Waals surface area contributed by atoms with Crippen LogP contribution in [0.1, 0.15) is 19.7 Å². The Balaban J connectivity index is 1.95. The summed E-state index contributed by atoms with van der Waals surface area (Å²) in [5.41, 5.74) is 1.04. The average Bonchev–Trinajstić information content (AvgIpc) is 2.88. The Morgan fingerprint density at radius 1 is 1.17 bits per heavy atom. The van der Waals surface area contributed by atoms with E-state index in [1.807, 2.05) is 30.3 Å². The van der Waals surface area contributed by atoms with E-state index >= 15 is 0 Å². The van der Waals surface area contributed by atoms with Crippen LogP contribution >= 0.6 is 0 Å². The van der Waals surface area contributed by atoms with E-state index in [0.29, 0.717) is 18.4 Å². The van der Waals surface area contributed by atoms with Gasteiger partial charge in [-0.25, -0.2) is 0 Å². The summed E-state index contributed by atoms with van der Waals surface area (Å²) >= 11 is 0. The maximum Gasteiger partial charge on any atom is 0.266 e. The van der Waals surface area contributed by atoms with E-state index in [1.165, 1.54) is 0 Å². The summed E-state index contributed by atoms with van der Waals surface area (Å²) in [6, 6.07) is 9.95. The molecule has 5 heteroatoms. The molecular formula is C13H18N4O. The van der Waals surface area contributed by atoms with Crippen molar-refractivity contribution in [1.29, 1.82) is 0 Å². The van der Waals surface area contributed by atoms with Crippen molar-refractivity contribution < 1.29 is 4.52 Å². The smallest absolute Gasteiger partial charge is 0.266 e. The van der Waals surface area contributed by atoms with Crippen molar-refractivity contribution in [3.05, 3.63) is 36.2 Å². The van der Waals surface area contributed by atoms with Crippen molar-refractivity contribution in [2.45, 2.75) is 20.4 Å². The molecule has 0 aliphatic carbocycles. The summed E-state index contributed by atoms with van der Waals surface area (Å²) < 4.78 is 5.21. The molecule has 0 aliphatic heterocycles. The Bertz CT molecular complexity index is 465. The number of para-hydroxylation sites is 1. The second-order valence-electron chi connectivity index (χ2n) is 3.88. The number of benzene rings is 1. The van der Waals surface area contributed by atoms with Gasteiger partial charge in [0.1, 0.15) is 0 Å². The van der Waals surface area contributed by atoms with E-state index in [-0.39, 0.29) is 0 Å². The molecule has 1 aromatic heterocycles. The van der Waals surface area contributed by atoms with Gasteiger partial charge in [0.25, 0.3) is 5.95 Å². The van der Waals surface area contributed by atoms with E-state index < -0.39 is 0 Å². The van der Waals surface area contributed by atoms with Gasteiger partial charge in [-0.2, -0.15) is 4.98 Å². The van der Waals surface area contributed by atoms with E-state index in [4.69, 9.17) is 4.52 Å². The molecule has 0 fully saturated rings. The molecule has 0 aliphatic rings. The highest BCUT2D eigenvalue weighted by molar-refractivity contribution is 5.42. The zero-order valence-corrected chi connectivity index (χ0v) is 10.8. The number of nitrogens with zero attached hydrogens (tertiary/aromatic N) is 3. The predicted molar refractivity (Wildman–Crippen MR) is 71.6 cm³/mol. The minimum atomic E-state index is 0.540. The van der Waals surface area contributed by atoms with Crippen molar-refractivity contribution >= 4 is 11.6 Å². The Morgan fingerprint density at radius 3 is 2.56 bits per heavy atom. The molecule has 0 spiro atoms. The Hall–Kier alpha value is -2.04. The van der Waals surface area contributed by atoms with Gasteiger partial charge in [-0.15, -0.1) is 0 Å². The third-order valence-electron chi connectivity index (χ3n) is 2.72. The lowest BCUT2D eigenvalue weighted by molar-refractivity contribution is 0.382. The summed E-state index contributed by atoms with van der Waals surface area (Å²) in [5.74, 6) is 1.26. The topological polar surface area (TPSA) is 54.2 Å². The molecule has 18 heavy (non-hydrogen) atoms. The predicted octanol–water partition coefficient (Wildman–Crippen LogP) is 2.53. The van der Waals surface area contributed by atoms with Crippen LogP contribution in [0.3, 0.4) is 0 Å². The highest BCUT2D eigenvalue weighted by atomic mass is 16.5. The van der Waals surface area contributed by atoms with Crippen LogP contribution in [0, 0.1) is 0 Å². The number of hydrogen-bond acceptors (Lipinski definition) is 5. The van der Waals surface area contributed by atoms with Crippen molar-refractivity contribution in [1.82, 2.24) is 10.1 Å². The maximum absolute atomic E-state index is 5.21. The molecule has 1 N–H and O–H groups in total. The third-order valence-corrected chi connectivity index (χ3v) is 2.72. The SMILES string of the molecule is CCN(CC)c1noc(CNc2ccccc2)n1. The molecule has 0 saturated carbocycles. The lowest BCUT2D eigenvalue weighted by Gasteiger charge is -2.14. The van der Waals surface area contributed by atoms with Crippen LogP contribution in [0.25, 0.3) is 0 Å². The lowest BCUT2D eigenvalue weighted by Crippen LogP contribution is -2.23. The van der Waals surface area contributed by atoms with Crippen molar-refractivity contribution in [3.8, 4) is 0 Å². The van der Waals surface area contributed by atoms with Gasteiger partial charge in [0.05, 0.1) is 6.54 Å². The van der Waals surface area contributed by atoms with Gasteiger partial charge < -0.3 is 14.7 Å². The van der Waals surface area contributed by atoms with E-state index in [1.54, 1.807) is 0 Å². The Kier molecular flexibility index (Phi) is 4.17. The molecule has 2 rings (SSSR count). The van der Waals surface area contributed by atoms with Gasteiger partial charge in [-0.3, -0.25) is 0 Å². The molecule has 1 aromatic carbocycles. The monoisotopic (exact) mass is 246 g/mol. The molecule has 0 atom stereocenters. The van der Waals surface area contributed by atoms with Gasteiger partial charge in [0, 0.05) is 18.8 Å². The molecule has 0 bridgehead atoms. The maximum atomic E-state index is 5.21. The molecular weight excluding hydrogens is 228 g/mol. The highest BCUT2D eigenvalue weighted by Crippen LogP contribution is 2.11. The van der Waals surface area contributed by atoms with E-state index in [9.17, 15) is 0 Å².